The number of hydrogen-bond acceptors (Lipinski definition) is 4. The fourth-order valence-corrected chi connectivity index (χ4v) is 4.00. The van der Waals surface area contributed by atoms with Crippen LogP contribution < -0.4 is 4.74 Å². The summed E-state index contributed by atoms with van der Waals surface area (Å²) in [6.45, 7) is 13.6. The van der Waals surface area contributed by atoms with E-state index in [1.54, 1.807) is 7.11 Å². The van der Waals surface area contributed by atoms with E-state index in [2.05, 4.69) is 67.5 Å². The fraction of sp³-hybridized carbons (Fsp3) is 0.560. The van der Waals surface area contributed by atoms with Gasteiger partial charge in [0.2, 0.25) is 0 Å². The molecule has 1 aliphatic carbocycles. The van der Waals surface area contributed by atoms with Crippen molar-refractivity contribution in [2.45, 2.75) is 53.5 Å². The minimum atomic E-state index is 0.556. The lowest BCUT2D eigenvalue weighted by Gasteiger charge is -2.18. The van der Waals surface area contributed by atoms with E-state index < -0.39 is 0 Å². The van der Waals surface area contributed by atoms with E-state index >= 15 is 0 Å². The largest absolute Gasteiger partial charge is 0.497 e. The standard InChI is InChI=1S/C25H37N3O2/c1-6-27(7-2)13-14-30-22-11-12-24-23(17-22)26-25(28(24)18-19(3)4)16-20-9-8-10-21(15-20)29-5/h10-12,15,17,19H,6-9,13-14,16,18H2,1-5H3. The number of likely N-dealkylation sites (N-methyl/N-ethyl adjacent to an activating group) is 1. The summed E-state index contributed by atoms with van der Waals surface area (Å²) in [5.41, 5.74) is 3.59. The zero-order valence-electron chi connectivity index (χ0n) is 19.3. The Hall–Kier alpha value is -2.27. The molecule has 164 valence electrons. The molecule has 0 unspecified atom stereocenters. The smallest absolute Gasteiger partial charge is 0.121 e. The molecule has 1 aliphatic rings. The van der Waals surface area contributed by atoms with Crippen molar-refractivity contribution in [3.05, 3.63) is 47.5 Å². The second kappa shape index (κ2) is 10.7. The maximum Gasteiger partial charge on any atom is 0.121 e. The predicted molar refractivity (Wildman–Crippen MR) is 124 cm³/mol. The molecule has 1 aromatic heterocycles. The third-order valence-electron chi connectivity index (χ3n) is 5.70. The molecule has 5 nitrogen and oxygen atoms in total. The number of rotatable bonds is 11. The van der Waals surface area contributed by atoms with Gasteiger partial charge in [0.15, 0.2) is 0 Å². The first-order valence-electron chi connectivity index (χ1n) is 11.3. The van der Waals surface area contributed by atoms with Gasteiger partial charge in [0.25, 0.3) is 0 Å². The Morgan fingerprint density at radius 3 is 2.70 bits per heavy atom. The Morgan fingerprint density at radius 1 is 1.20 bits per heavy atom. The van der Waals surface area contributed by atoms with Crippen LogP contribution in [-0.2, 0) is 17.7 Å². The summed E-state index contributed by atoms with van der Waals surface area (Å²) in [7, 11) is 1.74. The Balaban J connectivity index is 1.81. The van der Waals surface area contributed by atoms with Gasteiger partial charge in [-0.05, 0) is 56.1 Å². The number of benzene rings is 1. The van der Waals surface area contributed by atoms with Crippen molar-refractivity contribution < 1.29 is 9.47 Å². The van der Waals surface area contributed by atoms with Gasteiger partial charge in [-0.25, -0.2) is 4.98 Å². The van der Waals surface area contributed by atoms with E-state index in [4.69, 9.17) is 14.5 Å². The molecule has 0 N–H and O–H groups in total. The zero-order chi connectivity index (χ0) is 21.5. The van der Waals surface area contributed by atoms with Crippen LogP contribution in [0, 0.1) is 5.92 Å². The van der Waals surface area contributed by atoms with Crippen molar-refractivity contribution in [3.63, 3.8) is 0 Å². The van der Waals surface area contributed by atoms with Crippen LogP contribution in [0.15, 0.2) is 41.7 Å². The molecule has 0 radical (unpaired) electrons. The van der Waals surface area contributed by atoms with E-state index in [0.717, 1.165) is 68.3 Å². The Labute approximate surface area is 181 Å². The average molecular weight is 412 g/mol. The van der Waals surface area contributed by atoms with Crippen molar-refractivity contribution in [1.82, 2.24) is 14.5 Å². The maximum absolute atomic E-state index is 6.03. The SMILES string of the molecule is CCN(CC)CCOc1ccc2c(c1)nc(CC1=CC(OC)=CCC1)n2CC(C)C. The highest BCUT2D eigenvalue weighted by Gasteiger charge is 2.16. The number of hydrogen-bond donors (Lipinski definition) is 0. The van der Waals surface area contributed by atoms with Crippen molar-refractivity contribution in [3.8, 4) is 5.75 Å². The van der Waals surface area contributed by atoms with E-state index in [9.17, 15) is 0 Å². The maximum atomic E-state index is 6.03. The van der Waals surface area contributed by atoms with E-state index in [1.807, 2.05) is 0 Å². The molecule has 5 heteroatoms. The first-order chi connectivity index (χ1) is 14.5. The van der Waals surface area contributed by atoms with Gasteiger partial charge < -0.3 is 18.9 Å². The van der Waals surface area contributed by atoms with Crippen molar-refractivity contribution in [1.29, 1.82) is 0 Å². The Kier molecular flexibility index (Phi) is 7.97. The molecule has 0 fully saturated rings. The Morgan fingerprint density at radius 2 is 2.00 bits per heavy atom. The van der Waals surface area contributed by atoms with Crippen LogP contribution in [-0.4, -0.2) is 47.8 Å². The summed E-state index contributed by atoms with van der Waals surface area (Å²) in [4.78, 5) is 7.39. The summed E-state index contributed by atoms with van der Waals surface area (Å²) in [6.07, 6.45) is 7.29. The molecular formula is C25H37N3O2. The molecule has 0 aliphatic heterocycles. The van der Waals surface area contributed by atoms with Gasteiger partial charge in [-0.3, -0.25) is 0 Å². The van der Waals surface area contributed by atoms with Gasteiger partial charge in [-0.2, -0.15) is 0 Å². The second-order valence-corrected chi connectivity index (χ2v) is 8.39. The molecule has 1 heterocycles. The van der Waals surface area contributed by atoms with Crippen molar-refractivity contribution in [2.75, 3.05) is 33.4 Å². The summed E-state index contributed by atoms with van der Waals surface area (Å²) < 4.78 is 13.8. The lowest BCUT2D eigenvalue weighted by atomic mass is 10.0. The molecule has 0 saturated heterocycles. The zero-order valence-corrected chi connectivity index (χ0v) is 19.3. The molecule has 0 spiro atoms. The van der Waals surface area contributed by atoms with E-state index in [-0.39, 0.29) is 0 Å². The van der Waals surface area contributed by atoms with Crippen LogP contribution >= 0.6 is 0 Å². The van der Waals surface area contributed by atoms with Crippen LogP contribution in [0.4, 0.5) is 0 Å². The topological polar surface area (TPSA) is 39.5 Å². The minimum Gasteiger partial charge on any atom is -0.497 e. The van der Waals surface area contributed by atoms with Crippen LogP contribution in [0.5, 0.6) is 5.75 Å². The fourth-order valence-electron chi connectivity index (χ4n) is 4.00. The third-order valence-corrected chi connectivity index (χ3v) is 5.70. The number of ether oxygens (including phenoxy) is 2. The number of aromatic nitrogens is 2. The van der Waals surface area contributed by atoms with Gasteiger partial charge in [0.05, 0.1) is 18.1 Å². The lowest BCUT2D eigenvalue weighted by molar-refractivity contribution is 0.223. The Bertz CT molecular complexity index is 891. The van der Waals surface area contributed by atoms with Crippen LogP contribution in [0.2, 0.25) is 0 Å². The summed E-state index contributed by atoms with van der Waals surface area (Å²) in [5.74, 6) is 3.55. The molecule has 3 rings (SSSR count). The van der Waals surface area contributed by atoms with Crippen molar-refractivity contribution >= 4 is 11.0 Å². The van der Waals surface area contributed by atoms with E-state index in [0.29, 0.717) is 12.5 Å². The first-order valence-corrected chi connectivity index (χ1v) is 11.3. The number of methoxy groups -OCH3 is 1. The monoisotopic (exact) mass is 411 g/mol. The minimum absolute atomic E-state index is 0.556. The summed E-state index contributed by atoms with van der Waals surface area (Å²) in [5, 5.41) is 0. The first kappa shape index (κ1) is 22.4. The van der Waals surface area contributed by atoms with Crippen molar-refractivity contribution in [2.24, 2.45) is 5.92 Å². The molecule has 0 amide bonds. The van der Waals surface area contributed by atoms with Gasteiger partial charge in [0, 0.05) is 25.6 Å². The molecule has 0 saturated carbocycles. The summed E-state index contributed by atoms with van der Waals surface area (Å²) >= 11 is 0. The highest BCUT2D eigenvalue weighted by atomic mass is 16.5. The third kappa shape index (κ3) is 5.66. The van der Waals surface area contributed by atoms with Gasteiger partial charge >= 0.3 is 0 Å². The molecule has 0 atom stereocenters. The second-order valence-electron chi connectivity index (χ2n) is 8.39. The molecule has 0 bridgehead atoms. The van der Waals surface area contributed by atoms with Crippen LogP contribution in [0.3, 0.4) is 0 Å². The molecular weight excluding hydrogens is 374 g/mol. The quantitative estimate of drug-likeness (QED) is 0.509. The highest BCUT2D eigenvalue weighted by Crippen LogP contribution is 2.27. The van der Waals surface area contributed by atoms with Crippen LogP contribution in [0.1, 0.15) is 46.4 Å². The van der Waals surface area contributed by atoms with Gasteiger partial charge in [0.1, 0.15) is 23.9 Å². The van der Waals surface area contributed by atoms with E-state index in [1.165, 1.54) is 11.1 Å². The number of nitrogens with zero attached hydrogens (tertiary/aromatic N) is 3. The number of allylic oxidation sites excluding steroid dienone is 3. The summed E-state index contributed by atoms with van der Waals surface area (Å²) in [6, 6.07) is 6.34. The molecule has 1 aromatic carbocycles. The average Bonchev–Trinajstić information content (AvgIpc) is 3.07. The normalized spacial score (nSPS) is 14.4. The highest BCUT2D eigenvalue weighted by molar-refractivity contribution is 5.78. The molecule has 2 aromatic rings. The lowest BCUT2D eigenvalue weighted by Crippen LogP contribution is -2.27. The number of fused-ring (bicyclic) bond motifs is 1. The van der Waals surface area contributed by atoms with Gasteiger partial charge in [-0.1, -0.05) is 33.3 Å². The number of imidazole rings is 1. The molecule has 30 heavy (non-hydrogen) atoms. The van der Waals surface area contributed by atoms with Crippen LogP contribution in [0.25, 0.3) is 11.0 Å². The predicted octanol–water partition coefficient (Wildman–Crippen LogP) is 5.21. The van der Waals surface area contributed by atoms with Gasteiger partial charge in [-0.15, -0.1) is 0 Å².